The topological polar surface area (TPSA) is 30.9 Å². The first-order chi connectivity index (χ1) is 12.3. The summed E-state index contributed by atoms with van der Waals surface area (Å²) in [5, 5.41) is 3.37. The van der Waals surface area contributed by atoms with Crippen molar-refractivity contribution in [3.63, 3.8) is 0 Å². The minimum Gasteiger partial charge on any atom is -0.356 e. The molecule has 0 aliphatic carbocycles. The number of hydrogen-bond donors (Lipinski definition) is 1. The molecule has 146 valence electrons. The first kappa shape index (κ1) is 20.6. The van der Waals surface area contributed by atoms with Crippen LogP contribution in [0.3, 0.4) is 0 Å². The average molecular weight is 370 g/mol. The van der Waals surface area contributed by atoms with Crippen LogP contribution in [0.1, 0.15) is 24.8 Å². The van der Waals surface area contributed by atoms with Gasteiger partial charge < -0.3 is 10.2 Å². The number of alkyl halides is 3. The second-order valence-corrected chi connectivity index (χ2v) is 7.07. The van der Waals surface area contributed by atoms with Gasteiger partial charge in [0.2, 0.25) is 0 Å². The van der Waals surface area contributed by atoms with Gasteiger partial charge in [0.05, 0.1) is 13.1 Å². The summed E-state index contributed by atoms with van der Waals surface area (Å²) in [4.78, 5) is 8.09. The Morgan fingerprint density at radius 1 is 1.19 bits per heavy atom. The van der Waals surface area contributed by atoms with Gasteiger partial charge >= 0.3 is 6.18 Å². The summed E-state index contributed by atoms with van der Waals surface area (Å²) in [6, 6.07) is 10.1. The molecule has 2 rings (SSSR count). The number of hydrogen-bond acceptors (Lipinski definition) is 2. The van der Waals surface area contributed by atoms with Crippen molar-refractivity contribution in [2.75, 3.05) is 40.3 Å². The predicted octanol–water partition coefficient (Wildman–Crippen LogP) is 3.36. The zero-order valence-electron chi connectivity index (χ0n) is 15.6. The molecular formula is C19H29F3N4. The quantitative estimate of drug-likeness (QED) is 0.615. The first-order valence-corrected chi connectivity index (χ1v) is 9.12. The zero-order chi connectivity index (χ0) is 19.0. The van der Waals surface area contributed by atoms with Crippen LogP contribution in [-0.4, -0.2) is 62.2 Å². The van der Waals surface area contributed by atoms with Crippen LogP contribution in [0.5, 0.6) is 0 Å². The van der Waals surface area contributed by atoms with Crippen LogP contribution in [0.4, 0.5) is 13.2 Å². The van der Waals surface area contributed by atoms with Gasteiger partial charge in [-0.3, -0.25) is 4.90 Å². The summed E-state index contributed by atoms with van der Waals surface area (Å²) < 4.78 is 37.3. The maximum atomic E-state index is 12.4. The highest BCUT2D eigenvalue weighted by Gasteiger charge is 2.32. The van der Waals surface area contributed by atoms with E-state index in [0.29, 0.717) is 25.6 Å². The number of rotatable bonds is 6. The summed E-state index contributed by atoms with van der Waals surface area (Å²) >= 11 is 0. The van der Waals surface area contributed by atoms with Crippen molar-refractivity contribution in [1.29, 1.82) is 0 Å². The molecule has 0 radical (unpaired) electrons. The predicted molar refractivity (Wildman–Crippen MR) is 99.1 cm³/mol. The zero-order valence-corrected chi connectivity index (χ0v) is 15.6. The molecular weight excluding hydrogens is 341 g/mol. The molecule has 1 fully saturated rings. The van der Waals surface area contributed by atoms with Gasteiger partial charge in [0.25, 0.3) is 0 Å². The van der Waals surface area contributed by atoms with Crippen molar-refractivity contribution in [2.24, 2.45) is 10.9 Å². The molecule has 1 saturated heterocycles. The van der Waals surface area contributed by atoms with Crippen molar-refractivity contribution in [1.82, 2.24) is 15.1 Å². The number of benzene rings is 1. The summed E-state index contributed by atoms with van der Waals surface area (Å²) in [5.41, 5.74) is 1.16. The Morgan fingerprint density at radius 3 is 2.42 bits per heavy atom. The number of halogens is 3. The average Bonchev–Trinajstić information content (AvgIpc) is 2.58. The number of likely N-dealkylation sites (tertiary alicyclic amines) is 1. The van der Waals surface area contributed by atoms with E-state index in [-0.39, 0.29) is 0 Å². The van der Waals surface area contributed by atoms with Crippen molar-refractivity contribution >= 4 is 5.96 Å². The maximum absolute atomic E-state index is 12.4. The molecule has 4 nitrogen and oxygen atoms in total. The van der Waals surface area contributed by atoms with E-state index in [2.05, 4.69) is 10.3 Å². The van der Waals surface area contributed by atoms with Gasteiger partial charge in [-0.05, 0) is 43.8 Å². The van der Waals surface area contributed by atoms with Crippen molar-refractivity contribution < 1.29 is 13.2 Å². The molecule has 1 aliphatic rings. The summed E-state index contributed by atoms with van der Waals surface area (Å²) in [7, 11) is 3.90. The summed E-state index contributed by atoms with van der Waals surface area (Å²) in [5.74, 6) is 1.31. The van der Waals surface area contributed by atoms with Crippen LogP contribution in [0.15, 0.2) is 35.3 Å². The number of aliphatic imine (C=N–C) groups is 1. The van der Waals surface area contributed by atoms with E-state index in [1.54, 1.807) is 0 Å². The van der Waals surface area contributed by atoms with Crippen LogP contribution in [-0.2, 0) is 6.54 Å². The van der Waals surface area contributed by atoms with E-state index in [0.717, 1.165) is 37.3 Å². The van der Waals surface area contributed by atoms with Crippen molar-refractivity contribution in [3.8, 4) is 0 Å². The lowest BCUT2D eigenvalue weighted by molar-refractivity contribution is -0.148. The third kappa shape index (κ3) is 7.64. The molecule has 1 aromatic carbocycles. The molecule has 1 aliphatic heterocycles. The fourth-order valence-electron chi connectivity index (χ4n) is 3.18. The van der Waals surface area contributed by atoms with Crippen LogP contribution in [0.2, 0.25) is 0 Å². The lowest BCUT2D eigenvalue weighted by Crippen LogP contribution is -2.41. The second kappa shape index (κ2) is 9.80. The Balaban J connectivity index is 1.71. The Bertz CT molecular complexity index is 550. The van der Waals surface area contributed by atoms with Crippen LogP contribution in [0.25, 0.3) is 0 Å². The molecule has 0 saturated carbocycles. The second-order valence-electron chi connectivity index (χ2n) is 7.07. The van der Waals surface area contributed by atoms with Gasteiger partial charge in [-0.25, -0.2) is 4.99 Å². The third-order valence-electron chi connectivity index (χ3n) is 4.62. The van der Waals surface area contributed by atoms with Gasteiger partial charge in [-0.1, -0.05) is 30.3 Å². The van der Waals surface area contributed by atoms with E-state index >= 15 is 0 Å². The maximum Gasteiger partial charge on any atom is 0.401 e. The smallest absolute Gasteiger partial charge is 0.356 e. The molecule has 1 aromatic rings. The highest BCUT2D eigenvalue weighted by molar-refractivity contribution is 5.79. The Morgan fingerprint density at radius 2 is 1.85 bits per heavy atom. The molecule has 1 heterocycles. The Labute approximate surface area is 154 Å². The van der Waals surface area contributed by atoms with Crippen LogP contribution < -0.4 is 5.32 Å². The van der Waals surface area contributed by atoms with Crippen LogP contribution >= 0.6 is 0 Å². The lowest BCUT2D eigenvalue weighted by atomic mass is 9.93. The molecule has 0 spiro atoms. The lowest BCUT2D eigenvalue weighted by Gasteiger charge is -2.32. The summed E-state index contributed by atoms with van der Waals surface area (Å²) in [6.07, 6.45) is -1.48. The molecule has 0 amide bonds. The Hall–Kier alpha value is -1.76. The normalized spacial score (nSPS) is 17.3. The third-order valence-corrected chi connectivity index (χ3v) is 4.62. The summed E-state index contributed by atoms with van der Waals surface area (Å²) in [6.45, 7) is 1.70. The van der Waals surface area contributed by atoms with E-state index in [1.807, 2.05) is 49.3 Å². The fraction of sp³-hybridized carbons (Fsp3) is 0.632. The SMILES string of the molecule is CN(C)C(=NCc1ccccc1)NCCC1CCN(CC(F)(F)F)CC1. The number of piperidine rings is 1. The van der Waals surface area contributed by atoms with Gasteiger partial charge in [0, 0.05) is 20.6 Å². The van der Waals surface area contributed by atoms with E-state index < -0.39 is 12.7 Å². The van der Waals surface area contributed by atoms with Gasteiger partial charge in [0.1, 0.15) is 0 Å². The largest absolute Gasteiger partial charge is 0.401 e. The molecule has 1 N–H and O–H groups in total. The minimum atomic E-state index is -4.09. The standard InChI is InChI=1S/C19H29F3N4/c1-25(2)18(24-14-17-6-4-3-5-7-17)23-11-8-16-9-12-26(13-10-16)15-19(20,21)22/h3-7,16H,8-15H2,1-2H3,(H,23,24). The van der Waals surface area contributed by atoms with Crippen molar-refractivity contribution in [3.05, 3.63) is 35.9 Å². The fourth-order valence-corrected chi connectivity index (χ4v) is 3.18. The van der Waals surface area contributed by atoms with E-state index in [4.69, 9.17) is 0 Å². The highest BCUT2D eigenvalue weighted by atomic mass is 19.4. The Kier molecular flexibility index (Phi) is 7.75. The molecule has 0 bridgehead atoms. The van der Waals surface area contributed by atoms with Crippen molar-refractivity contribution in [2.45, 2.75) is 32.0 Å². The highest BCUT2D eigenvalue weighted by Crippen LogP contribution is 2.23. The number of guanidine groups is 1. The van der Waals surface area contributed by atoms with Crippen LogP contribution in [0, 0.1) is 5.92 Å². The van der Waals surface area contributed by atoms with Gasteiger partial charge in [-0.15, -0.1) is 0 Å². The van der Waals surface area contributed by atoms with Gasteiger partial charge in [0.15, 0.2) is 5.96 Å². The minimum absolute atomic E-state index is 0.476. The first-order valence-electron chi connectivity index (χ1n) is 9.12. The molecule has 0 unspecified atom stereocenters. The van der Waals surface area contributed by atoms with Gasteiger partial charge in [-0.2, -0.15) is 13.2 Å². The van der Waals surface area contributed by atoms with E-state index in [1.165, 1.54) is 4.90 Å². The molecule has 0 atom stereocenters. The molecule has 7 heteroatoms. The monoisotopic (exact) mass is 370 g/mol. The number of nitrogens with zero attached hydrogens (tertiary/aromatic N) is 3. The number of nitrogens with one attached hydrogen (secondary N) is 1. The molecule has 0 aromatic heterocycles. The van der Waals surface area contributed by atoms with E-state index in [9.17, 15) is 13.2 Å². The molecule has 26 heavy (non-hydrogen) atoms.